The van der Waals surface area contributed by atoms with Crippen LogP contribution in [0.15, 0.2) is 123 Å². The lowest BCUT2D eigenvalue weighted by Crippen LogP contribution is -2.43. The van der Waals surface area contributed by atoms with E-state index in [1.54, 1.807) is 0 Å². The van der Waals surface area contributed by atoms with Gasteiger partial charge in [-0.1, -0.05) is 86.2 Å². The molecule has 1 unspecified atom stereocenters. The fourth-order valence-corrected chi connectivity index (χ4v) is 6.49. The van der Waals surface area contributed by atoms with Crippen molar-refractivity contribution in [2.45, 2.75) is 93.5 Å². The van der Waals surface area contributed by atoms with E-state index < -0.39 is 0 Å². The number of aromatic amines is 1. The first kappa shape index (κ1) is 53.5. The molecule has 0 spiro atoms. The summed E-state index contributed by atoms with van der Waals surface area (Å²) in [4.78, 5) is 5.79. The Balaban J connectivity index is 0.000000829. The molecule has 1 atom stereocenters. The summed E-state index contributed by atoms with van der Waals surface area (Å²) in [5.41, 5.74) is 30.6. The van der Waals surface area contributed by atoms with Gasteiger partial charge in [0.05, 0.1) is 6.04 Å². The standard InChI is InChI=1S/C18H22FN3.C16H21N3.C9H19N3.2C2H6.C2H4/c1-6-14-7-15(19)9-21-12(4)16(14)8-17-10(2)18(11(3)20)13(5)22-17;1-10-8-9-16(13(4)18-10)19-12(3)14-6-5-7-15(17)11(14)2;1-9(10)3-2-6-12-7-4-11-5-8-12;3*1-2/h7-9,21-22H,3-4,6,20H2,1-2,5H3;5-7,16,18-19H,1,3-4,8-9,17H2,2H3;11H,1-8,10H2;2*1-2H3;1-2H2/b16-8+;;;;;. The van der Waals surface area contributed by atoms with E-state index in [-0.39, 0.29) is 11.9 Å². The van der Waals surface area contributed by atoms with Crippen molar-refractivity contribution in [1.82, 2.24) is 31.2 Å². The molecule has 0 bridgehead atoms. The molecule has 59 heavy (non-hydrogen) atoms. The number of halogens is 1. The fourth-order valence-electron chi connectivity index (χ4n) is 6.49. The summed E-state index contributed by atoms with van der Waals surface area (Å²) in [5, 5.41) is 12.8. The molecule has 326 valence electrons. The molecular weight excluding hydrogens is 734 g/mol. The van der Waals surface area contributed by atoms with Gasteiger partial charge in [0.2, 0.25) is 0 Å². The van der Waals surface area contributed by atoms with Crippen molar-refractivity contribution in [3.05, 3.63) is 157 Å². The number of allylic oxidation sites excluding steroid dienone is 5. The molecule has 9 nitrogen and oxygen atoms in total. The predicted octanol–water partition coefficient (Wildman–Crippen LogP) is 10.1. The van der Waals surface area contributed by atoms with Crippen molar-refractivity contribution in [1.29, 1.82) is 0 Å². The number of H-pyrrole nitrogens is 1. The van der Waals surface area contributed by atoms with Crippen LogP contribution in [0.5, 0.6) is 0 Å². The first-order valence-electron chi connectivity index (χ1n) is 20.8. The third-order valence-electron chi connectivity index (χ3n) is 9.56. The second-order valence-corrected chi connectivity index (χ2v) is 13.8. The smallest absolute Gasteiger partial charge is 0.139 e. The van der Waals surface area contributed by atoms with Crippen LogP contribution in [0.1, 0.15) is 100 Å². The summed E-state index contributed by atoms with van der Waals surface area (Å²) in [7, 11) is 0. The van der Waals surface area contributed by atoms with Gasteiger partial charge in [0.25, 0.3) is 0 Å². The van der Waals surface area contributed by atoms with E-state index in [2.05, 4.69) is 83.8 Å². The molecule has 2 saturated heterocycles. The molecule has 0 aliphatic carbocycles. The SMILES string of the molecule is C=C.C=C(N)CCCN1CCNCC1.C=C1CCC(NC(=C)c2cccc(N)c2C)C(=C)N1.C=C1NC=C(F)C=C(CC)/C1=C/c1[nH]c(C)c(C(=C)N)c1C.CC.CC. The van der Waals surface area contributed by atoms with Crippen molar-refractivity contribution in [3.63, 3.8) is 0 Å². The number of piperazine rings is 1. The summed E-state index contributed by atoms with van der Waals surface area (Å²) in [6.45, 7) is 51.3. The maximum atomic E-state index is 13.6. The molecule has 10 heteroatoms. The van der Waals surface area contributed by atoms with E-state index in [0.717, 1.165) is 119 Å². The van der Waals surface area contributed by atoms with E-state index in [1.807, 2.05) is 79.7 Å². The maximum absolute atomic E-state index is 13.6. The van der Waals surface area contributed by atoms with Crippen molar-refractivity contribution in [2.75, 3.05) is 38.5 Å². The number of nitrogens with one attached hydrogen (secondary N) is 5. The van der Waals surface area contributed by atoms with Gasteiger partial charge in [0.15, 0.2) is 0 Å². The second kappa shape index (κ2) is 28.9. The zero-order valence-electron chi connectivity index (χ0n) is 37.8. The van der Waals surface area contributed by atoms with Gasteiger partial charge in [0.1, 0.15) is 5.83 Å². The average molecular weight is 812 g/mol. The number of nitrogens with two attached hydrogens (primary N) is 3. The van der Waals surface area contributed by atoms with E-state index in [0.29, 0.717) is 17.8 Å². The topological polar surface area (TPSA) is 145 Å². The van der Waals surface area contributed by atoms with Gasteiger partial charge in [0, 0.05) is 100 Å². The fraction of sp³-hybridized carbons (Fsp3) is 0.388. The first-order valence-corrected chi connectivity index (χ1v) is 20.8. The van der Waals surface area contributed by atoms with Gasteiger partial charge in [-0.25, -0.2) is 4.39 Å². The minimum Gasteiger partial charge on any atom is -0.403 e. The zero-order chi connectivity index (χ0) is 45.2. The van der Waals surface area contributed by atoms with E-state index in [1.165, 1.54) is 25.4 Å². The Hall–Kier alpha value is -5.45. The molecule has 3 aliphatic heterocycles. The van der Waals surface area contributed by atoms with Crippen molar-refractivity contribution in [2.24, 2.45) is 11.5 Å². The molecular formula is C49H78FN9. The lowest BCUT2D eigenvalue weighted by atomic mass is 9.98. The summed E-state index contributed by atoms with van der Waals surface area (Å²) in [6, 6.07) is 6.05. The average Bonchev–Trinajstić information content (AvgIpc) is 3.43. The minimum absolute atomic E-state index is 0.179. The van der Waals surface area contributed by atoms with Crippen LogP contribution in [0, 0.1) is 20.8 Å². The predicted molar refractivity (Wildman–Crippen MR) is 259 cm³/mol. The molecule has 1 aromatic carbocycles. The molecule has 11 N–H and O–H groups in total. The number of piperidine rings is 1. The van der Waals surface area contributed by atoms with Crippen LogP contribution in [-0.2, 0) is 0 Å². The number of aryl methyl sites for hydroxylation is 1. The lowest BCUT2D eigenvalue weighted by Gasteiger charge is -2.30. The number of hydrogen-bond acceptors (Lipinski definition) is 8. The van der Waals surface area contributed by atoms with E-state index >= 15 is 0 Å². The summed E-state index contributed by atoms with van der Waals surface area (Å²) in [5.74, 6) is -0.309. The number of nitrogens with zero attached hydrogens (tertiary/aromatic N) is 1. The highest BCUT2D eigenvalue weighted by Crippen LogP contribution is 2.30. The summed E-state index contributed by atoms with van der Waals surface area (Å²) >= 11 is 0. The van der Waals surface area contributed by atoms with Gasteiger partial charge in [-0.05, 0) is 94.3 Å². The number of benzene rings is 1. The van der Waals surface area contributed by atoms with Gasteiger partial charge < -0.3 is 48.4 Å². The molecule has 0 radical (unpaired) electrons. The van der Waals surface area contributed by atoms with Crippen LogP contribution in [0.3, 0.4) is 0 Å². The Labute approximate surface area is 357 Å². The van der Waals surface area contributed by atoms with E-state index in [9.17, 15) is 4.39 Å². The van der Waals surface area contributed by atoms with E-state index in [4.69, 9.17) is 17.2 Å². The number of aromatic nitrogens is 1. The van der Waals surface area contributed by atoms with Crippen LogP contribution in [0.2, 0.25) is 0 Å². The highest BCUT2D eigenvalue weighted by molar-refractivity contribution is 5.74. The Kier molecular flexibility index (Phi) is 26.2. The third-order valence-corrected chi connectivity index (χ3v) is 9.56. The molecule has 1 aromatic heterocycles. The van der Waals surface area contributed by atoms with Crippen LogP contribution < -0.4 is 38.5 Å². The Morgan fingerprint density at radius 2 is 1.61 bits per heavy atom. The molecule has 2 aromatic rings. The molecule has 4 heterocycles. The summed E-state index contributed by atoms with van der Waals surface area (Å²) < 4.78 is 13.6. The van der Waals surface area contributed by atoms with Gasteiger partial charge in [-0.15, -0.1) is 13.2 Å². The molecule has 3 aliphatic rings. The van der Waals surface area contributed by atoms with Crippen LogP contribution >= 0.6 is 0 Å². The van der Waals surface area contributed by atoms with Gasteiger partial charge >= 0.3 is 0 Å². The minimum atomic E-state index is -0.309. The van der Waals surface area contributed by atoms with Crippen LogP contribution in [0.4, 0.5) is 10.1 Å². The number of anilines is 1. The van der Waals surface area contributed by atoms with Gasteiger partial charge in [-0.2, -0.15) is 0 Å². The highest BCUT2D eigenvalue weighted by Gasteiger charge is 2.20. The monoisotopic (exact) mass is 812 g/mol. The molecule has 5 rings (SSSR count). The van der Waals surface area contributed by atoms with Crippen LogP contribution in [-0.4, -0.2) is 48.6 Å². The van der Waals surface area contributed by atoms with Crippen molar-refractivity contribution >= 4 is 23.2 Å². The number of rotatable bonds is 10. The molecule has 0 amide bonds. The Morgan fingerprint density at radius 3 is 2.15 bits per heavy atom. The Morgan fingerprint density at radius 1 is 0.983 bits per heavy atom. The third kappa shape index (κ3) is 17.9. The van der Waals surface area contributed by atoms with Crippen molar-refractivity contribution < 1.29 is 4.39 Å². The summed E-state index contributed by atoms with van der Waals surface area (Å²) in [6.07, 6.45) is 9.57. The zero-order valence-corrected chi connectivity index (χ0v) is 37.8. The maximum Gasteiger partial charge on any atom is 0.139 e. The number of hydrogen-bond donors (Lipinski definition) is 8. The molecule has 0 saturated carbocycles. The normalized spacial score (nSPS) is 16.6. The first-order chi connectivity index (χ1) is 28.1. The van der Waals surface area contributed by atoms with Crippen LogP contribution in [0.25, 0.3) is 17.5 Å². The van der Waals surface area contributed by atoms with Gasteiger partial charge in [-0.3, -0.25) is 0 Å². The second-order valence-electron chi connectivity index (χ2n) is 13.8. The molecule has 2 fully saturated rings. The Bertz CT molecular complexity index is 1800. The highest BCUT2D eigenvalue weighted by atomic mass is 19.1. The van der Waals surface area contributed by atoms with Crippen molar-refractivity contribution in [3.8, 4) is 0 Å². The lowest BCUT2D eigenvalue weighted by molar-refractivity contribution is 0.238. The quantitative estimate of drug-likeness (QED) is 0.0875. The largest absolute Gasteiger partial charge is 0.403 e. The number of nitrogen functional groups attached to an aromatic ring is 1.